The van der Waals surface area contributed by atoms with E-state index in [9.17, 15) is 9.59 Å². The number of carbonyl (C=O) groups excluding carboxylic acids is 2. The molecule has 2 fully saturated rings. The molecule has 1 aliphatic carbocycles. The lowest BCUT2D eigenvalue weighted by atomic mass is 9.96. The van der Waals surface area contributed by atoms with Gasteiger partial charge in [0, 0.05) is 37.4 Å². The molecule has 0 spiro atoms. The maximum absolute atomic E-state index is 13.1. The van der Waals surface area contributed by atoms with Crippen molar-refractivity contribution < 1.29 is 9.59 Å². The maximum Gasteiger partial charge on any atom is 0.315 e. The second-order valence-corrected chi connectivity index (χ2v) is 9.30. The standard InChI is InChI=1S/C25H37N5O2/c1-19-15-20(2)17-23(16-19)30(12-6-11-26)24(31)18-29-13-9-22(10-14-29)28-25(32)27-21-7-4-3-5-8-21/h15-17,21-22H,3-10,12-14,18H2,1-2H3,(H2,27,28,32). The fourth-order valence-corrected chi connectivity index (χ4v) is 4.84. The van der Waals surface area contributed by atoms with Crippen molar-refractivity contribution in [1.29, 1.82) is 5.26 Å². The van der Waals surface area contributed by atoms with Crippen molar-refractivity contribution in [2.45, 2.75) is 77.3 Å². The number of nitriles is 1. The number of likely N-dealkylation sites (tertiary alicyclic amines) is 1. The van der Waals surface area contributed by atoms with Crippen LogP contribution in [0.4, 0.5) is 10.5 Å². The van der Waals surface area contributed by atoms with Gasteiger partial charge in [-0.25, -0.2) is 4.79 Å². The van der Waals surface area contributed by atoms with Gasteiger partial charge in [0.05, 0.1) is 19.0 Å². The summed E-state index contributed by atoms with van der Waals surface area (Å²) in [7, 11) is 0. The van der Waals surface area contributed by atoms with E-state index in [2.05, 4.69) is 27.7 Å². The summed E-state index contributed by atoms with van der Waals surface area (Å²) in [6, 6.07) is 8.65. The first kappa shape index (κ1) is 24.1. The van der Waals surface area contributed by atoms with E-state index in [0.717, 1.165) is 55.6 Å². The van der Waals surface area contributed by atoms with Crippen LogP contribution in [0.2, 0.25) is 0 Å². The van der Waals surface area contributed by atoms with Gasteiger partial charge in [0.25, 0.3) is 0 Å². The molecule has 0 bridgehead atoms. The van der Waals surface area contributed by atoms with Crippen molar-refractivity contribution in [3.63, 3.8) is 0 Å². The molecule has 3 rings (SSSR count). The average Bonchev–Trinajstić information content (AvgIpc) is 2.75. The first-order chi connectivity index (χ1) is 15.4. The number of amides is 3. The van der Waals surface area contributed by atoms with Gasteiger partial charge in [-0.05, 0) is 62.8 Å². The van der Waals surface area contributed by atoms with E-state index < -0.39 is 0 Å². The molecule has 1 aromatic carbocycles. The maximum atomic E-state index is 13.1. The SMILES string of the molecule is Cc1cc(C)cc(N(CCC#N)C(=O)CN2CCC(NC(=O)NC3CCCCC3)CC2)c1. The molecule has 0 aromatic heterocycles. The number of benzene rings is 1. The largest absolute Gasteiger partial charge is 0.335 e. The Morgan fingerprint density at radius 2 is 1.59 bits per heavy atom. The Balaban J connectivity index is 1.48. The molecule has 1 saturated carbocycles. The molecule has 7 nitrogen and oxygen atoms in total. The van der Waals surface area contributed by atoms with Crippen molar-refractivity contribution in [2.24, 2.45) is 0 Å². The average molecular weight is 440 g/mol. The molecule has 7 heteroatoms. The summed E-state index contributed by atoms with van der Waals surface area (Å²) in [5.74, 6) is 0.0201. The number of nitrogens with one attached hydrogen (secondary N) is 2. The van der Waals surface area contributed by atoms with Crippen LogP contribution in [0.1, 0.15) is 62.5 Å². The van der Waals surface area contributed by atoms with Crippen LogP contribution in [0.5, 0.6) is 0 Å². The third-order valence-electron chi connectivity index (χ3n) is 6.49. The second-order valence-electron chi connectivity index (χ2n) is 9.30. The summed E-state index contributed by atoms with van der Waals surface area (Å²) >= 11 is 0. The van der Waals surface area contributed by atoms with E-state index in [0.29, 0.717) is 25.6 Å². The summed E-state index contributed by atoms with van der Waals surface area (Å²) in [6.45, 7) is 6.33. The molecule has 174 valence electrons. The Labute approximate surface area is 192 Å². The zero-order valence-electron chi connectivity index (χ0n) is 19.5. The number of rotatable bonds is 7. The molecule has 0 radical (unpaired) electrons. The molecular formula is C25H37N5O2. The summed E-state index contributed by atoms with van der Waals surface area (Å²) in [5, 5.41) is 15.3. The smallest absolute Gasteiger partial charge is 0.315 e. The van der Waals surface area contributed by atoms with Crippen molar-refractivity contribution in [3.05, 3.63) is 29.3 Å². The van der Waals surface area contributed by atoms with E-state index in [4.69, 9.17) is 5.26 Å². The highest BCUT2D eigenvalue weighted by Gasteiger charge is 2.25. The summed E-state index contributed by atoms with van der Waals surface area (Å²) in [4.78, 5) is 29.3. The van der Waals surface area contributed by atoms with Crippen LogP contribution in [-0.4, -0.2) is 55.1 Å². The van der Waals surface area contributed by atoms with Gasteiger partial charge in [-0.1, -0.05) is 25.3 Å². The van der Waals surface area contributed by atoms with Crippen LogP contribution in [0, 0.1) is 25.2 Å². The Kier molecular flexibility index (Phi) is 8.92. The van der Waals surface area contributed by atoms with Crippen molar-refractivity contribution >= 4 is 17.6 Å². The summed E-state index contributed by atoms with van der Waals surface area (Å²) in [6.07, 6.45) is 7.82. The van der Waals surface area contributed by atoms with Crippen LogP contribution in [0.25, 0.3) is 0 Å². The van der Waals surface area contributed by atoms with Gasteiger partial charge < -0.3 is 15.5 Å². The quantitative estimate of drug-likeness (QED) is 0.679. The van der Waals surface area contributed by atoms with Crippen molar-refractivity contribution in [1.82, 2.24) is 15.5 Å². The fraction of sp³-hybridized carbons (Fsp3) is 0.640. The van der Waals surface area contributed by atoms with Gasteiger partial charge in [-0.15, -0.1) is 0 Å². The van der Waals surface area contributed by atoms with E-state index in [1.807, 2.05) is 26.0 Å². The Morgan fingerprint density at radius 3 is 2.19 bits per heavy atom. The first-order valence-electron chi connectivity index (χ1n) is 12.0. The van der Waals surface area contributed by atoms with Gasteiger partial charge in [-0.3, -0.25) is 9.69 Å². The van der Waals surface area contributed by atoms with E-state index in [1.54, 1.807) is 4.90 Å². The Bertz CT molecular complexity index is 800. The van der Waals surface area contributed by atoms with Crippen LogP contribution in [0.3, 0.4) is 0 Å². The molecule has 2 aliphatic rings. The molecule has 2 N–H and O–H groups in total. The van der Waals surface area contributed by atoms with Crippen LogP contribution < -0.4 is 15.5 Å². The molecule has 1 aromatic rings. The Hall–Kier alpha value is -2.59. The van der Waals surface area contributed by atoms with Crippen LogP contribution in [-0.2, 0) is 4.79 Å². The summed E-state index contributed by atoms with van der Waals surface area (Å²) in [5.41, 5.74) is 3.07. The van der Waals surface area contributed by atoms with E-state index >= 15 is 0 Å². The van der Waals surface area contributed by atoms with Gasteiger partial charge in [0.2, 0.25) is 5.91 Å². The number of carbonyl (C=O) groups is 2. The molecule has 0 unspecified atom stereocenters. The number of urea groups is 1. The third-order valence-corrected chi connectivity index (χ3v) is 6.49. The molecule has 1 saturated heterocycles. The number of hydrogen-bond donors (Lipinski definition) is 2. The first-order valence-corrected chi connectivity index (χ1v) is 12.0. The number of hydrogen-bond acceptors (Lipinski definition) is 4. The highest BCUT2D eigenvalue weighted by atomic mass is 16.2. The minimum atomic E-state index is -0.0519. The topological polar surface area (TPSA) is 88.5 Å². The second kappa shape index (κ2) is 11.9. The highest BCUT2D eigenvalue weighted by Crippen LogP contribution is 2.21. The molecule has 1 heterocycles. The number of nitrogens with zero attached hydrogens (tertiary/aromatic N) is 3. The lowest BCUT2D eigenvalue weighted by Gasteiger charge is -2.34. The van der Waals surface area contributed by atoms with Crippen LogP contribution in [0.15, 0.2) is 18.2 Å². The normalized spacial score (nSPS) is 18.0. The van der Waals surface area contributed by atoms with E-state index in [1.165, 1.54) is 19.3 Å². The monoisotopic (exact) mass is 439 g/mol. The van der Waals surface area contributed by atoms with Crippen molar-refractivity contribution in [2.75, 3.05) is 31.1 Å². The minimum Gasteiger partial charge on any atom is -0.335 e. The third kappa shape index (κ3) is 7.23. The lowest BCUT2D eigenvalue weighted by molar-refractivity contribution is -0.120. The zero-order valence-corrected chi connectivity index (χ0v) is 19.5. The van der Waals surface area contributed by atoms with Gasteiger partial charge in [0.15, 0.2) is 0 Å². The molecule has 32 heavy (non-hydrogen) atoms. The fourth-order valence-electron chi connectivity index (χ4n) is 4.84. The van der Waals surface area contributed by atoms with E-state index in [-0.39, 0.29) is 18.0 Å². The van der Waals surface area contributed by atoms with Gasteiger partial charge >= 0.3 is 6.03 Å². The zero-order chi connectivity index (χ0) is 22.9. The molecule has 3 amide bonds. The van der Waals surface area contributed by atoms with Crippen molar-refractivity contribution in [3.8, 4) is 6.07 Å². The number of anilines is 1. The van der Waals surface area contributed by atoms with Gasteiger partial charge in [0.1, 0.15) is 0 Å². The lowest BCUT2D eigenvalue weighted by Crippen LogP contribution is -2.51. The molecule has 1 aliphatic heterocycles. The van der Waals surface area contributed by atoms with Crippen LogP contribution >= 0.6 is 0 Å². The summed E-state index contributed by atoms with van der Waals surface area (Å²) < 4.78 is 0. The minimum absolute atomic E-state index is 0.0201. The molecule has 0 atom stereocenters. The molecular weight excluding hydrogens is 402 g/mol. The highest BCUT2D eigenvalue weighted by molar-refractivity contribution is 5.95. The number of aryl methyl sites for hydroxylation is 2. The number of piperidine rings is 1. The predicted octanol–water partition coefficient (Wildman–Crippen LogP) is 3.65. The predicted molar refractivity (Wildman–Crippen MR) is 127 cm³/mol. The Morgan fingerprint density at radius 1 is 1.00 bits per heavy atom. The van der Waals surface area contributed by atoms with Gasteiger partial charge in [-0.2, -0.15) is 5.26 Å².